The van der Waals surface area contributed by atoms with Crippen molar-refractivity contribution in [3.05, 3.63) is 52.8 Å². The Balaban J connectivity index is 1.62. The summed E-state index contributed by atoms with van der Waals surface area (Å²) >= 11 is 0. The number of aromatic nitrogens is 1. The van der Waals surface area contributed by atoms with Gasteiger partial charge >= 0.3 is 0 Å². The first-order chi connectivity index (χ1) is 12.6. The molecule has 3 rings (SSSR count). The van der Waals surface area contributed by atoms with Crippen LogP contribution in [0.25, 0.3) is 5.69 Å². The van der Waals surface area contributed by atoms with Gasteiger partial charge in [-0.1, -0.05) is 0 Å². The van der Waals surface area contributed by atoms with Crippen molar-refractivity contribution in [2.24, 2.45) is 0 Å². The Hall–Kier alpha value is -2.07. The van der Waals surface area contributed by atoms with Gasteiger partial charge in [-0.05, 0) is 88.8 Å². The van der Waals surface area contributed by atoms with Gasteiger partial charge in [0.1, 0.15) is 0 Å². The molecule has 0 unspecified atom stereocenters. The molecular weight excluding hydrogens is 324 g/mol. The van der Waals surface area contributed by atoms with Crippen LogP contribution in [0.15, 0.2) is 30.3 Å². The van der Waals surface area contributed by atoms with Crippen molar-refractivity contribution < 1.29 is 9.53 Å². The third-order valence-corrected chi connectivity index (χ3v) is 4.93. The molecule has 0 fully saturated rings. The first kappa shape index (κ1) is 18.7. The number of rotatable bonds is 7. The summed E-state index contributed by atoms with van der Waals surface area (Å²) in [7, 11) is 0. The van der Waals surface area contributed by atoms with Crippen LogP contribution in [0.5, 0.6) is 0 Å². The maximum absolute atomic E-state index is 12.3. The lowest BCUT2D eigenvalue weighted by Gasteiger charge is -2.17. The average Bonchev–Trinajstić information content (AvgIpc) is 2.97. The summed E-state index contributed by atoms with van der Waals surface area (Å²) < 4.78 is 7.84. The maximum Gasteiger partial charge on any atom is 0.251 e. The Kier molecular flexibility index (Phi) is 6.15. The molecule has 0 aliphatic heterocycles. The highest BCUT2D eigenvalue weighted by Crippen LogP contribution is 2.28. The van der Waals surface area contributed by atoms with Gasteiger partial charge in [0, 0.05) is 35.8 Å². The zero-order valence-corrected chi connectivity index (χ0v) is 16.2. The van der Waals surface area contributed by atoms with Gasteiger partial charge in [0.25, 0.3) is 5.91 Å². The molecule has 1 amide bonds. The van der Waals surface area contributed by atoms with Crippen LogP contribution < -0.4 is 5.32 Å². The molecule has 0 radical (unpaired) electrons. The third kappa shape index (κ3) is 4.36. The molecule has 0 bridgehead atoms. The minimum Gasteiger partial charge on any atom is -0.379 e. The lowest BCUT2D eigenvalue weighted by atomic mass is 9.98. The number of hydrogen-bond donors (Lipinski definition) is 1. The zero-order valence-electron chi connectivity index (χ0n) is 16.2. The van der Waals surface area contributed by atoms with Crippen LogP contribution in [-0.4, -0.2) is 29.7 Å². The molecule has 4 nitrogen and oxygen atoms in total. The highest BCUT2D eigenvalue weighted by Gasteiger charge is 2.17. The standard InChI is InChI=1S/C22H30N2O2/c1-16(2)26-14-6-13-23-22(25)18-9-11-20(12-10-18)24-17(3)15-19-7-4-5-8-21(19)24/h9-12,15-16H,4-8,13-14H2,1-3H3,(H,23,25). The molecule has 1 aliphatic carbocycles. The highest BCUT2D eigenvalue weighted by molar-refractivity contribution is 5.94. The van der Waals surface area contributed by atoms with Gasteiger partial charge in [0.05, 0.1) is 6.10 Å². The summed E-state index contributed by atoms with van der Waals surface area (Å²) in [5, 5.41) is 2.96. The van der Waals surface area contributed by atoms with E-state index >= 15 is 0 Å². The van der Waals surface area contributed by atoms with Crippen molar-refractivity contribution in [3.63, 3.8) is 0 Å². The molecule has 140 valence electrons. The summed E-state index contributed by atoms with van der Waals surface area (Å²) in [6.07, 6.45) is 5.95. The number of nitrogens with zero attached hydrogens (tertiary/aromatic N) is 1. The van der Waals surface area contributed by atoms with Crippen molar-refractivity contribution in [3.8, 4) is 5.69 Å². The molecule has 0 saturated carbocycles. The molecule has 26 heavy (non-hydrogen) atoms. The summed E-state index contributed by atoms with van der Waals surface area (Å²) in [6, 6.07) is 10.3. The lowest BCUT2D eigenvalue weighted by molar-refractivity contribution is 0.0757. The van der Waals surface area contributed by atoms with Crippen LogP contribution in [0.2, 0.25) is 0 Å². The topological polar surface area (TPSA) is 43.3 Å². The number of ether oxygens (including phenoxy) is 1. The van der Waals surface area contributed by atoms with Crippen molar-refractivity contribution >= 4 is 5.91 Å². The first-order valence-electron chi connectivity index (χ1n) is 9.76. The normalized spacial score (nSPS) is 13.7. The number of amides is 1. The number of aryl methyl sites for hydroxylation is 2. The third-order valence-electron chi connectivity index (χ3n) is 4.93. The second-order valence-electron chi connectivity index (χ2n) is 7.38. The Morgan fingerprint density at radius 3 is 2.65 bits per heavy atom. The van der Waals surface area contributed by atoms with Crippen molar-refractivity contribution in [1.82, 2.24) is 9.88 Å². The van der Waals surface area contributed by atoms with E-state index in [9.17, 15) is 4.79 Å². The van der Waals surface area contributed by atoms with Gasteiger partial charge < -0.3 is 14.6 Å². The summed E-state index contributed by atoms with van der Waals surface area (Å²) in [5.74, 6) is -0.0210. The molecule has 1 N–H and O–H groups in total. The van der Waals surface area contributed by atoms with Crippen LogP contribution in [0, 0.1) is 6.92 Å². The van der Waals surface area contributed by atoms with Gasteiger partial charge in [-0.15, -0.1) is 0 Å². The Bertz CT molecular complexity index is 744. The molecule has 0 atom stereocenters. The van der Waals surface area contributed by atoms with E-state index in [2.05, 4.69) is 35.0 Å². The zero-order chi connectivity index (χ0) is 18.5. The fourth-order valence-corrected chi connectivity index (χ4v) is 3.67. The fourth-order valence-electron chi connectivity index (χ4n) is 3.67. The number of fused-ring (bicyclic) bond motifs is 1. The smallest absolute Gasteiger partial charge is 0.251 e. The predicted molar refractivity (Wildman–Crippen MR) is 105 cm³/mol. The second kappa shape index (κ2) is 8.54. The Morgan fingerprint density at radius 1 is 1.19 bits per heavy atom. The van der Waals surface area contributed by atoms with E-state index in [-0.39, 0.29) is 12.0 Å². The molecule has 1 aromatic heterocycles. The minimum atomic E-state index is -0.0210. The molecule has 1 heterocycles. The van der Waals surface area contributed by atoms with E-state index in [1.54, 1.807) is 0 Å². The van der Waals surface area contributed by atoms with Gasteiger partial charge in [-0.25, -0.2) is 0 Å². The summed E-state index contributed by atoms with van der Waals surface area (Å²) in [6.45, 7) is 7.51. The quantitative estimate of drug-likeness (QED) is 0.757. The SMILES string of the molecule is Cc1cc2c(n1-c1ccc(C(=O)NCCCOC(C)C)cc1)CCCC2. The monoisotopic (exact) mass is 354 g/mol. The van der Waals surface area contributed by atoms with E-state index < -0.39 is 0 Å². The van der Waals surface area contributed by atoms with E-state index in [1.807, 2.05) is 26.0 Å². The molecule has 0 saturated heterocycles. The van der Waals surface area contributed by atoms with Crippen LogP contribution in [-0.2, 0) is 17.6 Å². The van der Waals surface area contributed by atoms with E-state index in [4.69, 9.17) is 4.74 Å². The first-order valence-corrected chi connectivity index (χ1v) is 9.76. The Morgan fingerprint density at radius 2 is 1.92 bits per heavy atom. The minimum absolute atomic E-state index is 0.0210. The lowest BCUT2D eigenvalue weighted by Crippen LogP contribution is -2.25. The van der Waals surface area contributed by atoms with Gasteiger partial charge in [0.15, 0.2) is 0 Å². The predicted octanol–water partition coefficient (Wildman–Crippen LogP) is 4.21. The van der Waals surface area contributed by atoms with Crippen LogP contribution >= 0.6 is 0 Å². The van der Waals surface area contributed by atoms with Crippen molar-refractivity contribution in [1.29, 1.82) is 0 Å². The number of benzene rings is 1. The Labute approximate surface area is 156 Å². The second-order valence-corrected chi connectivity index (χ2v) is 7.38. The molecule has 2 aromatic rings. The van der Waals surface area contributed by atoms with E-state index in [0.717, 1.165) is 18.5 Å². The molecule has 1 aliphatic rings. The summed E-state index contributed by atoms with van der Waals surface area (Å²) in [5.41, 5.74) is 6.05. The molecule has 1 aromatic carbocycles. The van der Waals surface area contributed by atoms with Crippen molar-refractivity contribution in [2.45, 2.75) is 59.0 Å². The van der Waals surface area contributed by atoms with Gasteiger partial charge in [-0.2, -0.15) is 0 Å². The summed E-state index contributed by atoms with van der Waals surface area (Å²) in [4.78, 5) is 12.3. The maximum atomic E-state index is 12.3. The van der Waals surface area contributed by atoms with Crippen molar-refractivity contribution in [2.75, 3.05) is 13.2 Å². The highest BCUT2D eigenvalue weighted by atomic mass is 16.5. The van der Waals surface area contributed by atoms with Crippen LogP contribution in [0.3, 0.4) is 0 Å². The largest absolute Gasteiger partial charge is 0.379 e. The number of carbonyl (C=O) groups is 1. The van der Waals surface area contributed by atoms with Crippen LogP contribution in [0.4, 0.5) is 0 Å². The van der Waals surface area contributed by atoms with Gasteiger partial charge in [-0.3, -0.25) is 4.79 Å². The number of carbonyl (C=O) groups excluding carboxylic acids is 1. The molecular formula is C22H30N2O2. The van der Waals surface area contributed by atoms with Crippen LogP contribution in [0.1, 0.15) is 60.4 Å². The number of hydrogen-bond acceptors (Lipinski definition) is 2. The van der Waals surface area contributed by atoms with Gasteiger partial charge in [0.2, 0.25) is 0 Å². The van der Waals surface area contributed by atoms with E-state index in [0.29, 0.717) is 18.7 Å². The molecule has 0 spiro atoms. The average molecular weight is 354 g/mol. The fraction of sp³-hybridized carbons (Fsp3) is 0.500. The molecule has 4 heteroatoms. The van der Waals surface area contributed by atoms with E-state index in [1.165, 1.54) is 36.2 Å². The number of nitrogens with one attached hydrogen (secondary N) is 1.